The molecule has 2 rings (SSSR count). The van der Waals surface area contributed by atoms with E-state index < -0.39 is 10.0 Å². The Labute approximate surface area is 113 Å². The van der Waals surface area contributed by atoms with Crippen molar-refractivity contribution < 1.29 is 13.2 Å². The fourth-order valence-electron chi connectivity index (χ4n) is 1.83. The monoisotopic (exact) mass is 280 g/mol. The van der Waals surface area contributed by atoms with Crippen LogP contribution in [0.3, 0.4) is 0 Å². The van der Waals surface area contributed by atoms with Gasteiger partial charge in [-0.15, -0.1) is 6.42 Å². The van der Waals surface area contributed by atoms with E-state index in [1.165, 1.54) is 4.31 Å². The van der Waals surface area contributed by atoms with Gasteiger partial charge in [0.05, 0.1) is 24.7 Å². The van der Waals surface area contributed by atoms with E-state index in [1.807, 2.05) is 0 Å². The Morgan fingerprint density at radius 3 is 2.47 bits per heavy atom. The first kappa shape index (κ1) is 13.9. The fraction of sp³-hybridized carbons (Fsp3) is 0.385. The van der Waals surface area contributed by atoms with Crippen LogP contribution in [0.25, 0.3) is 0 Å². The summed E-state index contributed by atoms with van der Waals surface area (Å²) in [5.74, 6) is 2.46. The summed E-state index contributed by atoms with van der Waals surface area (Å²) in [7, 11) is -3.41. The maximum atomic E-state index is 12.3. The van der Waals surface area contributed by atoms with Gasteiger partial charge >= 0.3 is 0 Å². The van der Waals surface area contributed by atoms with Crippen LogP contribution in [0.5, 0.6) is 0 Å². The molecule has 5 nitrogen and oxygen atoms in total. The van der Waals surface area contributed by atoms with Crippen molar-refractivity contribution >= 4 is 15.7 Å². The van der Waals surface area contributed by atoms with E-state index in [9.17, 15) is 8.42 Å². The van der Waals surface area contributed by atoms with Gasteiger partial charge in [0.15, 0.2) is 0 Å². The summed E-state index contributed by atoms with van der Waals surface area (Å²) in [5.41, 5.74) is 0.805. The molecule has 1 saturated heterocycles. The number of anilines is 1. The van der Waals surface area contributed by atoms with Crippen LogP contribution < -0.4 is 5.32 Å². The van der Waals surface area contributed by atoms with E-state index in [-0.39, 0.29) is 0 Å². The number of sulfonamides is 1. The molecule has 19 heavy (non-hydrogen) atoms. The highest BCUT2D eigenvalue weighted by Crippen LogP contribution is 2.19. The third-order valence-corrected chi connectivity index (χ3v) is 4.77. The van der Waals surface area contributed by atoms with E-state index >= 15 is 0 Å². The number of nitrogens with one attached hydrogen (secondary N) is 1. The van der Waals surface area contributed by atoms with Crippen molar-refractivity contribution in [1.29, 1.82) is 0 Å². The third-order valence-electron chi connectivity index (χ3n) is 2.86. The summed E-state index contributed by atoms with van der Waals surface area (Å²) in [6.45, 7) is 2.11. The van der Waals surface area contributed by atoms with Gasteiger partial charge in [-0.2, -0.15) is 4.31 Å². The summed E-state index contributed by atoms with van der Waals surface area (Å²) in [5, 5.41) is 2.99. The zero-order valence-electron chi connectivity index (χ0n) is 10.5. The lowest BCUT2D eigenvalue weighted by molar-refractivity contribution is 0.0730. The lowest BCUT2D eigenvalue weighted by Crippen LogP contribution is -2.40. The van der Waals surface area contributed by atoms with Gasteiger partial charge in [0, 0.05) is 18.8 Å². The minimum atomic E-state index is -3.41. The summed E-state index contributed by atoms with van der Waals surface area (Å²) in [4.78, 5) is 0.292. The zero-order chi connectivity index (χ0) is 13.7. The highest BCUT2D eigenvalue weighted by molar-refractivity contribution is 7.89. The second-order valence-corrected chi connectivity index (χ2v) is 6.04. The Balaban J connectivity index is 2.14. The van der Waals surface area contributed by atoms with E-state index in [2.05, 4.69) is 11.2 Å². The molecule has 0 saturated carbocycles. The molecule has 0 aromatic heterocycles. The fourth-order valence-corrected chi connectivity index (χ4v) is 3.24. The van der Waals surface area contributed by atoms with E-state index in [0.717, 1.165) is 5.69 Å². The smallest absolute Gasteiger partial charge is 0.243 e. The largest absolute Gasteiger partial charge is 0.379 e. The van der Waals surface area contributed by atoms with Crippen LogP contribution in [0.1, 0.15) is 0 Å². The standard InChI is InChI=1S/C13H16N2O3S/c1-2-7-14-12-3-5-13(6-4-12)19(16,17)15-8-10-18-11-9-15/h1,3-6,14H,7-11H2. The number of ether oxygens (including phenoxy) is 1. The Kier molecular flexibility index (Phi) is 4.43. The molecule has 1 aromatic carbocycles. The molecule has 0 spiro atoms. The number of hydrogen-bond donors (Lipinski definition) is 1. The summed E-state index contributed by atoms with van der Waals surface area (Å²) >= 11 is 0. The van der Waals surface area contributed by atoms with Crippen LogP contribution in [-0.4, -0.2) is 45.6 Å². The number of morpholine rings is 1. The molecule has 0 unspecified atom stereocenters. The molecule has 0 amide bonds. The van der Waals surface area contributed by atoms with E-state index in [4.69, 9.17) is 11.2 Å². The molecule has 0 radical (unpaired) electrons. The molecular weight excluding hydrogens is 264 g/mol. The van der Waals surface area contributed by atoms with Gasteiger partial charge < -0.3 is 10.1 Å². The van der Waals surface area contributed by atoms with Crippen molar-refractivity contribution in [2.24, 2.45) is 0 Å². The molecule has 0 aliphatic carbocycles. The maximum absolute atomic E-state index is 12.3. The van der Waals surface area contributed by atoms with Gasteiger partial charge in [-0.3, -0.25) is 0 Å². The molecule has 1 aliphatic rings. The molecule has 1 heterocycles. The average Bonchev–Trinajstić information content (AvgIpc) is 2.46. The van der Waals surface area contributed by atoms with E-state index in [0.29, 0.717) is 37.7 Å². The molecule has 102 valence electrons. The molecule has 1 aromatic rings. The minimum Gasteiger partial charge on any atom is -0.379 e. The molecule has 6 heteroatoms. The topological polar surface area (TPSA) is 58.6 Å². The lowest BCUT2D eigenvalue weighted by atomic mass is 10.3. The third kappa shape index (κ3) is 3.26. The van der Waals surface area contributed by atoms with Crippen molar-refractivity contribution in [2.75, 3.05) is 38.2 Å². The zero-order valence-corrected chi connectivity index (χ0v) is 11.3. The number of benzene rings is 1. The van der Waals surface area contributed by atoms with Crippen LogP contribution in [0.2, 0.25) is 0 Å². The van der Waals surface area contributed by atoms with E-state index in [1.54, 1.807) is 24.3 Å². The second-order valence-electron chi connectivity index (χ2n) is 4.10. The minimum absolute atomic E-state index is 0.292. The predicted octanol–water partition coefficient (Wildman–Crippen LogP) is 0.753. The molecule has 1 aliphatic heterocycles. The SMILES string of the molecule is C#CCNc1ccc(S(=O)(=O)N2CCOCC2)cc1. The lowest BCUT2D eigenvalue weighted by Gasteiger charge is -2.26. The predicted molar refractivity (Wildman–Crippen MR) is 73.3 cm³/mol. The van der Waals surface area contributed by atoms with Gasteiger partial charge in [0.1, 0.15) is 0 Å². The van der Waals surface area contributed by atoms with Gasteiger partial charge in [0.25, 0.3) is 0 Å². The van der Waals surface area contributed by atoms with Gasteiger partial charge in [-0.1, -0.05) is 5.92 Å². The van der Waals surface area contributed by atoms with Crippen molar-refractivity contribution in [3.8, 4) is 12.3 Å². The Hall–Kier alpha value is -1.55. The highest BCUT2D eigenvalue weighted by atomic mass is 32.2. The van der Waals surface area contributed by atoms with Crippen molar-refractivity contribution in [2.45, 2.75) is 4.90 Å². The van der Waals surface area contributed by atoms with Crippen molar-refractivity contribution in [3.63, 3.8) is 0 Å². The molecule has 0 bridgehead atoms. The van der Waals surface area contributed by atoms with Crippen LogP contribution >= 0.6 is 0 Å². The molecule has 1 fully saturated rings. The maximum Gasteiger partial charge on any atom is 0.243 e. The van der Waals surface area contributed by atoms with Crippen LogP contribution in [-0.2, 0) is 14.8 Å². The number of rotatable bonds is 4. The van der Waals surface area contributed by atoms with Crippen molar-refractivity contribution in [1.82, 2.24) is 4.31 Å². The quantitative estimate of drug-likeness (QED) is 0.827. The number of nitrogens with zero attached hydrogens (tertiary/aromatic N) is 1. The molecular formula is C13H16N2O3S. The summed E-state index contributed by atoms with van der Waals surface area (Å²) in [6.07, 6.45) is 5.15. The first-order valence-corrected chi connectivity index (χ1v) is 7.44. The van der Waals surface area contributed by atoms with Crippen LogP contribution in [0, 0.1) is 12.3 Å². The first-order valence-electron chi connectivity index (χ1n) is 6.00. The number of terminal acetylenes is 1. The van der Waals surface area contributed by atoms with Gasteiger partial charge in [0.2, 0.25) is 10.0 Å². The molecule has 0 atom stereocenters. The first-order chi connectivity index (χ1) is 9.14. The van der Waals surface area contributed by atoms with Gasteiger partial charge in [-0.25, -0.2) is 8.42 Å². The molecule has 1 N–H and O–H groups in total. The average molecular weight is 280 g/mol. The number of hydrogen-bond acceptors (Lipinski definition) is 4. The van der Waals surface area contributed by atoms with Crippen LogP contribution in [0.15, 0.2) is 29.2 Å². The Bertz CT molecular complexity index is 555. The van der Waals surface area contributed by atoms with Gasteiger partial charge in [-0.05, 0) is 24.3 Å². The Morgan fingerprint density at radius 1 is 1.26 bits per heavy atom. The van der Waals surface area contributed by atoms with Crippen molar-refractivity contribution in [3.05, 3.63) is 24.3 Å². The highest BCUT2D eigenvalue weighted by Gasteiger charge is 2.25. The van der Waals surface area contributed by atoms with Crippen LogP contribution in [0.4, 0.5) is 5.69 Å². The summed E-state index contributed by atoms with van der Waals surface area (Å²) in [6, 6.07) is 6.60. The normalized spacial score (nSPS) is 16.8. The second kappa shape index (κ2) is 6.06. The summed E-state index contributed by atoms with van der Waals surface area (Å²) < 4.78 is 31.3. The Morgan fingerprint density at radius 2 is 1.89 bits per heavy atom.